The van der Waals surface area contributed by atoms with Crippen molar-refractivity contribution in [1.29, 1.82) is 0 Å². The number of rotatable bonds is 5. The number of anilines is 1. The fraction of sp³-hybridized carbons (Fsp3) is 0.118. The van der Waals surface area contributed by atoms with Crippen LogP contribution in [0.25, 0.3) is 0 Å². The number of carbonyl (C=O) groups excluding carboxylic acids is 1. The largest absolute Gasteiger partial charge is 0.496 e. The zero-order valence-electron chi connectivity index (χ0n) is 12.6. The highest BCUT2D eigenvalue weighted by atomic mass is 16.5. The summed E-state index contributed by atoms with van der Waals surface area (Å²) in [5.74, 6) is 0.619. The Morgan fingerprint density at radius 3 is 2.65 bits per heavy atom. The Morgan fingerprint density at radius 2 is 1.87 bits per heavy atom. The number of nitrogens with one attached hydrogen (secondary N) is 1. The van der Waals surface area contributed by atoms with Crippen LogP contribution >= 0.6 is 0 Å². The summed E-state index contributed by atoms with van der Waals surface area (Å²) in [6.07, 6.45) is 1.59. The van der Waals surface area contributed by atoms with Gasteiger partial charge in [0.05, 0.1) is 19.2 Å². The third-order valence-electron chi connectivity index (χ3n) is 3.39. The van der Waals surface area contributed by atoms with Crippen LogP contribution in [0.4, 0.5) is 5.95 Å². The van der Waals surface area contributed by atoms with Crippen LogP contribution in [0.2, 0.25) is 0 Å². The summed E-state index contributed by atoms with van der Waals surface area (Å²) in [6.45, 7) is 0.579. The van der Waals surface area contributed by atoms with Crippen LogP contribution in [-0.2, 0) is 6.54 Å². The fourth-order valence-corrected chi connectivity index (χ4v) is 2.25. The number of para-hydroxylation sites is 1. The summed E-state index contributed by atoms with van der Waals surface area (Å²) in [4.78, 5) is 12.4. The lowest BCUT2D eigenvalue weighted by atomic mass is 10.2. The summed E-state index contributed by atoms with van der Waals surface area (Å²) < 4.78 is 6.99. The lowest BCUT2D eigenvalue weighted by Gasteiger charge is -2.10. The first-order valence-electron chi connectivity index (χ1n) is 7.14. The van der Waals surface area contributed by atoms with Gasteiger partial charge < -0.3 is 4.74 Å². The molecule has 1 N–H and O–H groups in total. The van der Waals surface area contributed by atoms with Crippen molar-refractivity contribution >= 4 is 11.9 Å². The van der Waals surface area contributed by atoms with Crippen LogP contribution in [0.3, 0.4) is 0 Å². The molecule has 6 heteroatoms. The standard InChI is InChI=1S/C17H16N4O2/c1-23-15-10-6-5-9-14(15)16(22)19-17-20-18-12-21(17)11-13-7-3-2-4-8-13/h2-10,12H,11H2,1H3,(H,19,20,22). The quantitative estimate of drug-likeness (QED) is 0.786. The van der Waals surface area contributed by atoms with Gasteiger partial charge in [0.15, 0.2) is 0 Å². The van der Waals surface area contributed by atoms with Gasteiger partial charge >= 0.3 is 0 Å². The minimum absolute atomic E-state index is 0.287. The molecule has 0 aliphatic rings. The Bertz CT molecular complexity index is 799. The molecular formula is C17H16N4O2. The molecule has 3 rings (SSSR count). The smallest absolute Gasteiger partial charge is 0.261 e. The summed E-state index contributed by atoms with van der Waals surface area (Å²) >= 11 is 0. The number of hydrogen-bond acceptors (Lipinski definition) is 4. The van der Waals surface area contributed by atoms with Crippen molar-refractivity contribution in [2.75, 3.05) is 12.4 Å². The first-order chi connectivity index (χ1) is 11.3. The monoisotopic (exact) mass is 308 g/mol. The van der Waals surface area contributed by atoms with Crippen LogP contribution in [0, 0.1) is 0 Å². The van der Waals surface area contributed by atoms with Gasteiger partial charge in [0, 0.05) is 0 Å². The third kappa shape index (κ3) is 3.37. The van der Waals surface area contributed by atoms with Crippen LogP contribution in [0.1, 0.15) is 15.9 Å². The maximum atomic E-state index is 12.4. The molecule has 0 saturated carbocycles. The molecular weight excluding hydrogens is 292 g/mol. The van der Waals surface area contributed by atoms with E-state index in [-0.39, 0.29) is 5.91 Å². The lowest BCUT2D eigenvalue weighted by molar-refractivity contribution is 0.102. The molecule has 0 saturated heterocycles. The highest BCUT2D eigenvalue weighted by Crippen LogP contribution is 2.18. The number of amides is 1. The molecule has 116 valence electrons. The van der Waals surface area contributed by atoms with Crippen molar-refractivity contribution in [3.05, 3.63) is 72.1 Å². The molecule has 0 spiro atoms. The van der Waals surface area contributed by atoms with E-state index in [0.29, 0.717) is 23.8 Å². The van der Waals surface area contributed by atoms with E-state index in [1.54, 1.807) is 29.1 Å². The van der Waals surface area contributed by atoms with Crippen molar-refractivity contribution in [2.45, 2.75) is 6.54 Å². The van der Waals surface area contributed by atoms with Gasteiger partial charge in [0.25, 0.3) is 5.91 Å². The number of aromatic nitrogens is 3. The average molecular weight is 308 g/mol. The van der Waals surface area contributed by atoms with Crippen molar-refractivity contribution in [3.63, 3.8) is 0 Å². The summed E-state index contributed by atoms with van der Waals surface area (Å²) in [7, 11) is 1.53. The molecule has 0 bridgehead atoms. The first-order valence-corrected chi connectivity index (χ1v) is 7.14. The normalized spacial score (nSPS) is 10.3. The summed E-state index contributed by atoms with van der Waals surface area (Å²) in [5.41, 5.74) is 1.55. The van der Waals surface area contributed by atoms with Crippen molar-refractivity contribution in [3.8, 4) is 5.75 Å². The Morgan fingerprint density at radius 1 is 1.13 bits per heavy atom. The second-order valence-corrected chi connectivity index (χ2v) is 4.92. The highest BCUT2D eigenvalue weighted by molar-refractivity contribution is 6.05. The van der Waals surface area contributed by atoms with Gasteiger partial charge in [-0.25, -0.2) is 0 Å². The van der Waals surface area contributed by atoms with E-state index in [0.717, 1.165) is 5.56 Å². The van der Waals surface area contributed by atoms with Crippen molar-refractivity contribution < 1.29 is 9.53 Å². The number of nitrogens with zero attached hydrogens (tertiary/aromatic N) is 3. The van der Waals surface area contributed by atoms with E-state index in [1.165, 1.54) is 7.11 Å². The minimum Gasteiger partial charge on any atom is -0.496 e. The lowest BCUT2D eigenvalue weighted by Crippen LogP contribution is -2.17. The van der Waals surface area contributed by atoms with Gasteiger partial charge in [-0.15, -0.1) is 10.2 Å². The Balaban J connectivity index is 1.79. The molecule has 1 heterocycles. The van der Waals surface area contributed by atoms with E-state index >= 15 is 0 Å². The van der Waals surface area contributed by atoms with E-state index in [1.807, 2.05) is 36.4 Å². The second kappa shape index (κ2) is 6.74. The van der Waals surface area contributed by atoms with Gasteiger partial charge in [-0.1, -0.05) is 42.5 Å². The van der Waals surface area contributed by atoms with Gasteiger partial charge in [-0.3, -0.25) is 14.7 Å². The number of methoxy groups -OCH3 is 1. The van der Waals surface area contributed by atoms with Crippen LogP contribution in [-0.4, -0.2) is 27.8 Å². The predicted molar refractivity (Wildman–Crippen MR) is 86.5 cm³/mol. The molecule has 0 atom stereocenters. The van der Waals surface area contributed by atoms with E-state index < -0.39 is 0 Å². The topological polar surface area (TPSA) is 69.0 Å². The fourth-order valence-electron chi connectivity index (χ4n) is 2.25. The Kier molecular flexibility index (Phi) is 4.33. The van der Waals surface area contributed by atoms with Gasteiger partial charge in [0.2, 0.25) is 5.95 Å². The second-order valence-electron chi connectivity index (χ2n) is 4.92. The first kappa shape index (κ1) is 14.8. The third-order valence-corrected chi connectivity index (χ3v) is 3.39. The van der Waals surface area contributed by atoms with E-state index in [2.05, 4.69) is 15.5 Å². The Hall–Kier alpha value is -3.15. The number of ether oxygens (including phenoxy) is 1. The number of carbonyl (C=O) groups is 1. The molecule has 23 heavy (non-hydrogen) atoms. The van der Waals surface area contributed by atoms with Gasteiger partial charge in [0.1, 0.15) is 12.1 Å². The average Bonchev–Trinajstić information content (AvgIpc) is 3.02. The van der Waals surface area contributed by atoms with E-state index in [9.17, 15) is 4.79 Å². The molecule has 1 amide bonds. The molecule has 0 aliphatic heterocycles. The number of benzene rings is 2. The molecule has 3 aromatic rings. The predicted octanol–water partition coefficient (Wildman–Crippen LogP) is 2.59. The van der Waals surface area contributed by atoms with Crippen LogP contribution < -0.4 is 10.1 Å². The molecule has 0 aliphatic carbocycles. The maximum Gasteiger partial charge on any atom is 0.261 e. The van der Waals surface area contributed by atoms with Gasteiger partial charge in [-0.05, 0) is 17.7 Å². The Labute approximate surface area is 133 Å². The van der Waals surface area contributed by atoms with E-state index in [4.69, 9.17) is 4.74 Å². The van der Waals surface area contributed by atoms with Crippen molar-refractivity contribution in [1.82, 2.24) is 14.8 Å². The molecule has 6 nitrogen and oxygen atoms in total. The van der Waals surface area contributed by atoms with Gasteiger partial charge in [-0.2, -0.15) is 0 Å². The van der Waals surface area contributed by atoms with Crippen LogP contribution in [0.15, 0.2) is 60.9 Å². The minimum atomic E-state index is -0.287. The molecule has 0 fully saturated rings. The maximum absolute atomic E-state index is 12.4. The summed E-state index contributed by atoms with van der Waals surface area (Å²) in [6, 6.07) is 16.9. The van der Waals surface area contributed by atoms with Crippen molar-refractivity contribution in [2.24, 2.45) is 0 Å². The zero-order valence-corrected chi connectivity index (χ0v) is 12.6. The molecule has 0 unspecified atom stereocenters. The summed E-state index contributed by atoms with van der Waals surface area (Å²) in [5, 5.41) is 10.6. The zero-order chi connectivity index (χ0) is 16.1. The SMILES string of the molecule is COc1ccccc1C(=O)Nc1nncn1Cc1ccccc1. The highest BCUT2D eigenvalue weighted by Gasteiger charge is 2.14. The molecule has 0 radical (unpaired) electrons. The molecule has 1 aromatic heterocycles. The van der Waals surface area contributed by atoms with Crippen LogP contribution in [0.5, 0.6) is 5.75 Å². The molecule has 2 aromatic carbocycles. The number of hydrogen-bond donors (Lipinski definition) is 1.